The smallest absolute Gasteiger partial charge is 0.264 e. The van der Waals surface area contributed by atoms with Gasteiger partial charge in [-0.15, -0.1) is 0 Å². The summed E-state index contributed by atoms with van der Waals surface area (Å²) in [6, 6.07) is 20.8. The molecule has 202 valence electrons. The number of rotatable bonds is 6. The molecule has 1 aromatic heterocycles. The zero-order valence-corrected chi connectivity index (χ0v) is 22.0. The van der Waals surface area contributed by atoms with Crippen molar-refractivity contribution in [3.8, 4) is 11.5 Å². The number of sulfonamides is 1. The maximum Gasteiger partial charge on any atom is 0.264 e. The molecule has 3 heterocycles. The fourth-order valence-electron chi connectivity index (χ4n) is 5.29. The topological polar surface area (TPSA) is 121 Å². The third-order valence-electron chi connectivity index (χ3n) is 7.38. The van der Waals surface area contributed by atoms with Gasteiger partial charge in [0.15, 0.2) is 11.5 Å². The van der Waals surface area contributed by atoms with Crippen LogP contribution in [-0.4, -0.2) is 54.8 Å². The minimum atomic E-state index is -3.87. The summed E-state index contributed by atoms with van der Waals surface area (Å²) in [5.41, 5.74) is 1.04. The van der Waals surface area contributed by atoms with Crippen LogP contribution in [0.5, 0.6) is 11.5 Å². The van der Waals surface area contributed by atoms with Crippen LogP contribution >= 0.6 is 0 Å². The van der Waals surface area contributed by atoms with E-state index in [9.17, 15) is 18.6 Å². The maximum atomic E-state index is 13.1. The summed E-state index contributed by atoms with van der Waals surface area (Å²) in [6.07, 6.45) is 1.50. The second kappa shape index (κ2) is 10.1. The molecule has 6 rings (SSSR count). The van der Waals surface area contributed by atoms with Gasteiger partial charge in [0.25, 0.3) is 10.0 Å². The van der Waals surface area contributed by atoms with Crippen molar-refractivity contribution < 1.29 is 28.1 Å². The van der Waals surface area contributed by atoms with Gasteiger partial charge in [0.2, 0.25) is 0 Å². The number of pyridine rings is 1. The van der Waals surface area contributed by atoms with Gasteiger partial charge >= 0.3 is 0 Å². The van der Waals surface area contributed by atoms with Crippen molar-refractivity contribution in [3.05, 3.63) is 90.1 Å². The Kier molecular flexibility index (Phi) is 6.64. The van der Waals surface area contributed by atoms with E-state index in [-0.39, 0.29) is 4.90 Å². The lowest BCUT2D eigenvalue weighted by atomic mass is 9.83. The average Bonchev–Trinajstić information content (AvgIpc) is 2.97. The molecule has 0 saturated carbocycles. The van der Waals surface area contributed by atoms with E-state index >= 15 is 0 Å². The lowest BCUT2D eigenvalue weighted by Gasteiger charge is -2.41. The number of anilines is 1. The number of aromatic nitrogens is 1. The number of hydrogen-bond donors (Lipinski definition) is 3. The first-order valence-corrected chi connectivity index (χ1v) is 14.3. The standard InChI is InChI=1S/C29H29N3O6S/c33-28(32-16-13-29(34,14-17-32)23-6-2-7-24-27(23)38-19-18-37-24)21-9-11-22(12-10-21)31-39(35,36)25-8-1-4-20-5-3-15-30-26(20)25/h1-12,15,28,31,33-34H,13-14,16-19H2. The van der Waals surface area contributed by atoms with E-state index in [1.54, 1.807) is 42.6 Å². The number of piperidine rings is 1. The number of nitrogens with zero attached hydrogens (tertiary/aromatic N) is 2. The predicted octanol–water partition coefficient (Wildman–Crippen LogP) is 3.78. The highest BCUT2D eigenvalue weighted by atomic mass is 32.2. The van der Waals surface area contributed by atoms with Crippen LogP contribution in [0.4, 0.5) is 5.69 Å². The van der Waals surface area contributed by atoms with E-state index in [2.05, 4.69) is 9.71 Å². The minimum Gasteiger partial charge on any atom is -0.486 e. The number of hydrogen-bond acceptors (Lipinski definition) is 8. The molecular weight excluding hydrogens is 518 g/mol. The zero-order chi connectivity index (χ0) is 27.0. The fourth-order valence-corrected chi connectivity index (χ4v) is 6.52. The molecule has 1 saturated heterocycles. The molecular formula is C29H29N3O6S. The molecule has 2 aliphatic rings. The molecule has 3 N–H and O–H groups in total. The first-order valence-electron chi connectivity index (χ1n) is 12.8. The summed E-state index contributed by atoms with van der Waals surface area (Å²) in [5.74, 6) is 1.24. The van der Waals surface area contributed by atoms with Crippen molar-refractivity contribution in [2.75, 3.05) is 31.0 Å². The quantitative estimate of drug-likeness (QED) is 0.334. The van der Waals surface area contributed by atoms with Gasteiger partial charge in [-0.2, -0.15) is 0 Å². The number of likely N-dealkylation sites (tertiary alicyclic amines) is 1. The normalized spacial score (nSPS) is 18.0. The van der Waals surface area contributed by atoms with E-state index in [1.165, 1.54) is 6.07 Å². The molecule has 2 aliphatic heterocycles. The lowest BCUT2D eigenvalue weighted by Crippen LogP contribution is -2.44. The van der Waals surface area contributed by atoms with Crippen LogP contribution in [0.3, 0.4) is 0 Å². The molecule has 1 unspecified atom stereocenters. The van der Waals surface area contributed by atoms with E-state index in [0.29, 0.717) is 73.0 Å². The highest BCUT2D eigenvalue weighted by Gasteiger charge is 2.39. The zero-order valence-electron chi connectivity index (χ0n) is 21.2. The Bertz CT molecular complexity index is 1600. The van der Waals surface area contributed by atoms with Crippen molar-refractivity contribution in [1.82, 2.24) is 9.88 Å². The molecule has 39 heavy (non-hydrogen) atoms. The van der Waals surface area contributed by atoms with E-state index in [1.807, 2.05) is 35.2 Å². The number of aliphatic hydroxyl groups excluding tert-OH is 1. The van der Waals surface area contributed by atoms with Gasteiger partial charge in [-0.05, 0) is 48.7 Å². The van der Waals surface area contributed by atoms with Crippen LogP contribution in [0, 0.1) is 0 Å². The Hall–Kier alpha value is -3.70. The molecule has 1 fully saturated rings. The number of benzene rings is 3. The van der Waals surface area contributed by atoms with Gasteiger partial charge in [-0.3, -0.25) is 14.6 Å². The van der Waals surface area contributed by atoms with Crippen molar-refractivity contribution in [2.45, 2.75) is 29.6 Å². The average molecular weight is 548 g/mol. The van der Waals surface area contributed by atoms with Crippen molar-refractivity contribution in [3.63, 3.8) is 0 Å². The Labute approximate surface area is 226 Å². The minimum absolute atomic E-state index is 0.0992. The molecule has 9 nitrogen and oxygen atoms in total. The van der Waals surface area contributed by atoms with Crippen LogP contribution in [0.1, 0.15) is 30.2 Å². The first-order chi connectivity index (χ1) is 18.8. The molecule has 0 amide bonds. The van der Waals surface area contributed by atoms with Crippen LogP contribution in [-0.2, 0) is 15.6 Å². The van der Waals surface area contributed by atoms with Crippen molar-refractivity contribution >= 4 is 26.6 Å². The predicted molar refractivity (Wildman–Crippen MR) is 146 cm³/mol. The monoisotopic (exact) mass is 547 g/mol. The Morgan fingerprint density at radius 1 is 0.923 bits per heavy atom. The van der Waals surface area contributed by atoms with Gasteiger partial charge in [0, 0.05) is 35.9 Å². The second-order valence-electron chi connectivity index (χ2n) is 9.83. The number of nitrogens with one attached hydrogen (secondary N) is 1. The molecule has 10 heteroatoms. The molecule has 0 bridgehead atoms. The molecule has 0 spiro atoms. The van der Waals surface area contributed by atoms with Gasteiger partial charge in [0.05, 0.1) is 11.1 Å². The summed E-state index contributed by atoms with van der Waals surface area (Å²) < 4.78 is 40.3. The van der Waals surface area contributed by atoms with E-state index in [0.717, 1.165) is 5.39 Å². The first kappa shape index (κ1) is 25.6. The summed E-state index contributed by atoms with van der Waals surface area (Å²) in [6.45, 7) is 1.85. The summed E-state index contributed by atoms with van der Waals surface area (Å²) in [5, 5.41) is 23.2. The Balaban J connectivity index is 1.13. The van der Waals surface area contributed by atoms with Crippen LogP contribution in [0.25, 0.3) is 10.9 Å². The third-order valence-corrected chi connectivity index (χ3v) is 8.80. The highest BCUT2D eigenvalue weighted by Crippen LogP contribution is 2.44. The molecule has 4 aromatic rings. The van der Waals surface area contributed by atoms with Gasteiger partial charge < -0.3 is 19.7 Å². The molecule has 0 radical (unpaired) electrons. The summed E-state index contributed by atoms with van der Waals surface area (Å²) >= 11 is 0. The van der Waals surface area contributed by atoms with Crippen molar-refractivity contribution in [1.29, 1.82) is 0 Å². The van der Waals surface area contributed by atoms with Crippen LogP contribution in [0.2, 0.25) is 0 Å². The largest absolute Gasteiger partial charge is 0.486 e. The van der Waals surface area contributed by atoms with Crippen LogP contribution < -0.4 is 14.2 Å². The van der Waals surface area contributed by atoms with Crippen LogP contribution in [0.15, 0.2) is 83.9 Å². The number of ether oxygens (including phenoxy) is 2. The third kappa shape index (κ3) is 4.92. The second-order valence-corrected chi connectivity index (χ2v) is 11.5. The number of fused-ring (bicyclic) bond motifs is 2. The van der Waals surface area contributed by atoms with E-state index < -0.39 is 21.9 Å². The molecule has 1 atom stereocenters. The van der Waals surface area contributed by atoms with Gasteiger partial charge in [-0.1, -0.05) is 42.5 Å². The van der Waals surface area contributed by atoms with E-state index in [4.69, 9.17) is 9.47 Å². The fraction of sp³-hybridized carbons (Fsp3) is 0.276. The van der Waals surface area contributed by atoms with Gasteiger partial charge in [0.1, 0.15) is 24.3 Å². The lowest BCUT2D eigenvalue weighted by molar-refractivity contribution is -0.0801. The summed E-state index contributed by atoms with van der Waals surface area (Å²) in [7, 11) is -3.87. The Morgan fingerprint density at radius 3 is 2.44 bits per heavy atom. The SMILES string of the molecule is O=S(=O)(Nc1ccc(C(O)N2CCC(O)(c3cccc4c3OCCO4)CC2)cc1)c1cccc2cccnc12. The highest BCUT2D eigenvalue weighted by molar-refractivity contribution is 7.93. The molecule has 3 aromatic carbocycles. The maximum absolute atomic E-state index is 13.1. The summed E-state index contributed by atoms with van der Waals surface area (Å²) in [4.78, 5) is 6.23. The number of para-hydroxylation sites is 2. The molecule has 0 aliphatic carbocycles. The van der Waals surface area contributed by atoms with Gasteiger partial charge in [-0.25, -0.2) is 8.42 Å². The Morgan fingerprint density at radius 2 is 1.64 bits per heavy atom. The number of aliphatic hydroxyl groups is 2. The van der Waals surface area contributed by atoms with Crippen molar-refractivity contribution in [2.24, 2.45) is 0 Å².